The summed E-state index contributed by atoms with van der Waals surface area (Å²) in [6.07, 6.45) is 0. The first-order valence-corrected chi connectivity index (χ1v) is 4.20. The molecule has 2 aromatic rings. The summed E-state index contributed by atoms with van der Waals surface area (Å²) in [5.41, 5.74) is -0.126. The maximum Gasteiger partial charge on any atom is 0.341 e. The van der Waals surface area contributed by atoms with Crippen molar-refractivity contribution >= 4 is 11.6 Å². The molecule has 0 amide bonds. The van der Waals surface area contributed by atoms with Crippen LogP contribution in [0.25, 0.3) is 5.65 Å². The van der Waals surface area contributed by atoms with E-state index in [1.807, 2.05) is 0 Å². The molecule has 2 N–H and O–H groups in total. The third-order valence-corrected chi connectivity index (χ3v) is 2.13. The third kappa shape index (κ3) is 1.20. The van der Waals surface area contributed by atoms with E-state index in [1.54, 1.807) is 6.92 Å². The van der Waals surface area contributed by atoms with Crippen molar-refractivity contribution in [1.29, 1.82) is 0 Å². The molecule has 0 saturated carbocycles. The fraction of sp³-hybridized carbons (Fsp3) is 0.250. The fourth-order valence-corrected chi connectivity index (χ4v) is 1.47. The van der Waals surface area contributed by atoms with E-state index in [-0.39, 0.29) is 16.9 Å². The summed E-state index contributed by atoms with van der Waals surface area (Å²) < 4.78 is 1.14. The molecule has 0 unspecified atom stereocenters. The quantitative estimate of drug-likeness (QED) is 0.672. The predicted octanol–water partition coefficient (Wildman–Crippen LogP) is -0.267. The monoisotopic (exact) mass is 208 g/mol. The molecule has 2 heterocycles. The van der Waals surface area contributed by atoms with E-state index < -0.39 is 11.7 Å². The number of aryl methyl sites for hydroxylation is 2. The van der Waals surface area contributed by atoms with Crippen molar-refractivity contribution in [2.24, 2.45) is 0 Å². The molecule has 15 heavy (non-hydrogen) atoms. The molecule has 7 heteroatoms. The van der Waals surface area contributed by atoms with Gasteiger partial charge in [-0.25, -0.2) is 14.0 Å². The molecule has 0 aliphatic carbocycles. The topological polar surface area (TPSA) is 100 Å². The minimum Gasteiger partial charge on any atom is -0.477 e. The van der Waals surface area contributed by atoms with Gasteiger partial charge < -0.3 is 10.1 Å². The van der Waals surface area contributed by atoms with Gasteiger partial charge in [0.05, 0.1) is 0 Å². The maximum absolute atomic E-state index is 11.5. The molecular weight excluding hydrogens is 200 g/mol. The molecule has 7 nitrogen and oxygen atoms in total. The number of aromatic carboxylic acids is 1. The van der Waals surface area contributed by atoms with E-state index in [1.165, 1.54) is 6.92 Å². The zero-order valence-electron chi connectivity index (χ0n) is 8.11. The van der Waals surface area contributed by atoms with Crippen LogP contribution in [-0.4, -0.2) is 30.7 Å². The molecule has 0 aliphatic rings. The summed E-state index contributed by atoms with van der Waals surface area (Å²) in [5.74, 6) is -0.782. The van der Waals surface area contributed by atoms with Gasteiger partial charge in [0.1, 0.15) is 11.4 Å². The van der Waals surface area contributed by atoms with Crippen LogP contribution >= 0.6 is 0 Å². The molecule has 0 radical (unpaired) electrons. The predicted molar refractivity (Wildman–Crippen MR) is 50.0 cm³/mol. The van der Waals surface area contributed by atoms with Crippen LogP contribution in [0.2, 0.25) is 0 Å². The van der Waals surface area contributed by atoms with Crippen molar-refractivity contribution < 1.29 is 9.90 Å². The van der Waals surface area contributed by atoms with Gasteiger partial charge in [0.15, 0.2) is 5.65 Å². The molecule has 0 spiro atoms. The standard InChI is InChI=1S/C8H8N4O3/c1-3-5(7(13)14)6-11-10-4(2)12(6)8(15)9-3/h1-2H3,(H,9,15)(H,13,14). The summed E-state index contributed by atoms with van der Waals surface area (Å²) in [5, 5.41) is 16.3. The zero-order valence-corrected chi connectivity index (χ0v) is 8.11. The number of hydrogen-bond donors (Lipinski definition) is 2. The van der Waals surface area contributed by atoms with Crippen molar-refractivity contribution in [3.63, 3.8) is 0 Å². The Balaban J connectivity index is 3.04. The fourth-order valence-electron chi connectivity index (χ4n) is 1.47. The van der Waals surface area contributed by atoms with Gasteiger partial charge in [-0.3, -0.25) is 0 Å². The van der Waals surface area contributed by atoms with Crippen LogP contribution in [0.5, 0.6) is 0 Å². The van der Waals surface area contributed by atoms with Gasteiger partial charge in [0.2, 0.25) is 0 Å². The van der Waals surface area contributed by atoms with Crippen LogP contribution in [0.1, 0.15) is 21.9 Å². The number of nitrogens with zero attached hydrogens (tertiary/aromatic N) is 3. The lowest BCUT2D eigenvalue weighted by atomic mass is 10.2. The highest BCUT2D eigenvalue weighted by Gasteiger charge is 2.18. The number of carboxylic acids is 1. The molecule has 2 aromatic heterocycles. The van der Waals surface area contributed by atoms with Crippen molar-refractivity contribution in [1.82, 2.24) is 19.6 Å². The highest BCUT2D eigenvalue weighted by atomic mass is 16.4. The number of rotatable bonds is 1. The van der Waals surface area contributed by atoms with Crippen LogP contribution in [0.4, 0.5) is 0 Å². The number of hydrogen-bond acceptors (Lipinski definition) is 4. The molecule has 0 atom stereocenters. The molecule has 2 rings (SSSR count). The van der Waals surface area contributed by atoms with Crippen LogP contribution in [0, 0.1) is 13.8 Å². The van der Waals surface area contributed by atoms with E-state index >= 15 is 0 Å². The zero-order chi connectivity index (χ0) is 11.2. The van der Waals surface area contributed by atoms with Crippen LogP contribution in [-0.2, 0) is 0 Å². The Bertz CT molecular complexity index is 610. The van der Waals surface area contributed by atoms with Crippen molar-refractivity contribution in [2.45, 2.75) is 13.8 Å². The number of H-pyrrole nitrogens is 1. The summed E-state index contributed by atoms with van der Waals surface area (Å²) in [6.45, 7) is 3.09. The second-order valence-corrected chi connectivity index (χ2v) is 3.14. The van der Waals surface area contributed by atoms with Gasteiger partial charge in [0, 0.05) is 5.69 Å². The van der Waals surface area contributed by atoms with Crippen molar-refractivity contribution in [3.05, 3.63) is 27.6 Å². The number of nitrogens with one attached hydrogen (secondary N) is 1. The van der Waals surface area contributed by atoms with Gasteiger partial charge in [-0.2, -0.15) is 0 Å². The first-order valence-electron chi connectivity index (χ1n) is 4.20. The number of carbonyl (C=O) groups is 1. The third-order valence-electron chi connectivity index (χ3n) is 2.13. The number of aromatic nitrogens is 4. The Kier molecular flexibility index (Phi) is 1.82. The Labute approximate surface area is 83.4 Å². The Hall–Kier alpha value is -2.18. The second-order valence-electron chi connectivity index (χ2n) is 3.14. The van der Waals surface area contributed by atoms with E-state index in [0.29, 0.717) is 5.82 Å². The summed E-state index contributed by atoms with van der Waals surface area (Å²) in [4.78, 5) is 24.9. The molecule has 0 aromatic carbocycles. The lowest BCUT2D eigenvalue weighted by Crippen LogP contribution is -2.22. The van der Waals surface area contributed by atoms with Gasteiger partial charge in [-0.1, -0.05) is 0 Å². The normalized spacial score (nSPS) is 10.8. The summed E-state index contributed by atoms with van der Waals surface area (Å²) in [7, 11) is 0. The van der Waals surface area contributed by atoms with Gasteiger partial charge in [-0.15, -0.1) is 10.2 Å². The van der Waals surface area contributed by atoms with Gasteiger partial charge in [-0.05, 0) is 13.8 Å². The van der Waals surface area contributed by atoms with Crippen LogP contribution in [0.3, 0.4) is 0 Å². The molecule has 0 aliphatic heterocycles. The van der Waals surface area contributed by atoms with E-state index in [9.17, 15) is 9.59 Å². The summed E-state index contributed by atoms with van der Waals surface area (Å²) in [6, 6.07) is 0. The molecule has 0 fully saturated rings. The Morgan fingerprint density at radius 3 is 2.67 bits per heavy atom. The highest BCUT2D eigenvalue weighted by molar-refractivity contribution is 5.95. The van der Waals surface area contributed by atoms with E-state index in [4.69, 9.17) is 5.11 Å². The molecule has 0 bridgehead atoms. The van der Waals surface area contributed by atoms with E-state index in [2.05, 4.69) is 15.2 Å². The molecule has 0 saturated heterocycles. The smallest absolute Gasteiger partial charge is 0.341 e. The van der Waals surface area contributed by atoms with Crippen LogP contribution in [0.15, 0.2) is 4.79 Å². The largest absolute Gasteiger partial charge is 0.477 e. The molecular formula is C8H8N4O3. The lowest BCUT2D eigenvalue weighted by molar-refractivity contribution is 0.0697. The SMILES string of the molecule is Cc1[nH]c(=O)n2c(C)nnc2c1C(=O)O. The minimum absolute atomic E-state index is 0.0322. The number of aromatic amines is 1. The average molecular weight is 208 g/mol. The second kappa shape index (κ2) is 2.91. The van der Waals surface area contributed by atoms with Crippen LogP contribution < -0.4 is 5.69 Å². The number of carboxylic acid groups (broad SMARTS) is 1. The average Bonchev–Trinajstić information content (AvgIpc) is 2.47. The van der Waals surface area contributed by atoms with E-state index in [0.717, 1.165) is 4.40 Å². The first kappa shape index (κ1) is 9.38. The first-order chi connectivity index (χ1) is 7.02. The van der Waals surface area contributed by atoms with Crippen molar-refractivity contribution in [3.8, 4) is 0 Å². The lowest BCUT2D eigenvalue weighted by Gasteiger charge is -2.01. The maximum atomic E-state index is 11.5. The number of fused-ring (bicyclic) bond motifs is 1. The van der Waals surface area contributed by atoms with Gasteiger partial charge >= 0.3 is 11.7 Å². The van der Waals surface area contributed by atoms with Gasteiger partial charge in [0.25, 0.3) is 0 Å². The molecule has 78 valence electrons. The Morgan fingerprint density at radius 2 is 2.07 bits per heavy atom. The minimum atomic E-state index is -1.14. The summed E-state index contributed by atoms with van der Waals surface area (Å²) >= 11 is 0. The van der Waals surface area contributed by atoms with Crippen molar-refractivity contribution in [2.75, 3.05) is 0 Å². The highest BCUT2D eigenvalue weighted by Crippen LogP contribution is 2.09. The Morgan fingerprint density at radius 1 is 1.40 bits per heavy atom.